The van der Waals surface area contributed by atoms with E-state index in [4.69, 9.17) is 5.73 Å². The number of aliphatic hydroxyl groups excluding tert-OH is 1. The molecule has 12 heavy (non-hydrogen) atoms. The van der Waals surface area contributed by atoms with Crippen molar-refractivity contribution in [3.05, 3.63) is 22.4 Å². The summed E-state index contributed by atoms with van der Waals surface area (Å²) in [6.45, 7) is 0.574. The third kappa shape index (κ3) is 3.34. The molecule has 0 aliphatic rings. The molecule has 1 aromatic heterocycles. The van der Waals surface area contributed by atoms with Gasteiger partial charge in [0.1, 0.15) is 0 Å². The van der Waals surface area contributed by atoms with Crippen molar-refractivity contribution in [3.63, 3.8) is 0 Å². The van der Waals surface area contributed by atoms with Gasteiger partial charge in [0.2, 0.25) is 0 Å². The highest BCUT2D eigenvalue weighted by molar-refractivity contribution is 7.07. The smallest absolute Gasteiger partial charge is 0.0555 e. The monoisotopic (exact) mass is 185 g/mol. The lowest BCUT2D eigenvalue weighted by Gasteiger charge is -2.06. The predicted octanol–water partition coefficient (Wildman–Crippen LogP) is 1.39. The molecule has 0 aliphatic heterocycles. The van der Waals surface area contributed by atoms with Crippen LogP contribution in [0.1, 0.15) is 18.4 Å². The maximum absolute atomic E-state index is 9.37. The molecule has 0 spiro atoms. The summed E-state index contributed by atoms with van der Waals surface area (Å²) in [5.74, 6) is 0. The molecule has 68 valence electrons. The Morgan fingerprint density at radius 2 is 2.33 bits per heavy atom. The van der Waals surface area contributed by atoms with Crippen LogP contribution in [0.3, 0.4) is 0 Å². The molecule has 0 amide bonds. The molecule has 0 unspecified atom stereocenters. The maximum Gasteiger partial charge on any atom is 0.0555 e. The van der Waals surface area contributed by atoms with Crippen LogP contribution in [0.5, 0.6) is 0 Å². The predicted molar refractivity (Wildman–Crippen MR) is 52.3 cm³/mol. The molecule has 1 heterocycles. The van der Waals surface area contributed by atoms with Crippen molar-refractivity contribution >= 4 is 11.3 Å². The van der Waals surface area contributed by atoms with Crippen molar-refractivity contribution in [1.29, 1.82) is 0 Å². The minimum Gasteiger partial charge on any atom is -0.393 e. The Labute approximate surface area is 77.0 Å². The summed E-state index contributed by atoms with van der Waals surface area (Å²) in [4.78, 5) is 0. The summed E-state index contributed by atoms with van der Waals surface area (Å²) in [5, 5.41) is 13.6. The van der Waals surface area contributed by atoms with Crippen molar-refractivity contribution in [2.45, 2.75) is 25.4 Å². The number of thiophene rings is 1. The van der Waals surface area contributed by atoms with Gasteiger partial charge in [-0.3, -0.25) is 0 Å². The lowest BCUT2D eigenvalue weighted by atomic mass is 10.1. The molecule has 1 rings (SSSR count). The van der Waals surface area contributed by atoms with Gasteiger partial charge in [0.05, 0.1) is 6.10 Å². The van der Waals surface area contributed by atoms with Crippen LogP contribution in [0.4, 0.5) is 0 Å². The van der Waals surface area contributed by atoms with Crippen LogP contribution in [0, 0.1) is 0 Å². The highest BCUT2D eigenvalue weighted by Crippen LogP contribution is 2.10. The summed E-state index contributed by atoms with van der Waals surface area (Å²) in [6.07, 6.45) is 2.28. The fourth-order valence-electron chi connectivity index (χ4n) is 1.10. The Morgan fingerprint density at radius 3 is 2.92 bits per heavy atom. The third-order valence-electron chi connectivity index (χ3n) is 1.85. The number of hydrogen-bond donors (Lipinski definition) is 2. The zero-order valence-corrected chi connectivity index (χ0v) is 7.89. The maximum atomic E-state index is 9.37. The van der Waals surface area contributed by atoms with Gasteiger partial charge in [-0.1, -0.05) is 0 Å². The Bertz CT molecular complexity index is 198. The first-order valence-electron chi connectivity index (χ1n) is 4.22. The number of rotatable bonds is 5. The average molecular weight is 185 g/mol. The Hall–Kier alpha value is -0.380. The standard InChI is InChI=1S/C9H15NOS/c10-5-3-9(11)2-1-8-4-6-12-7-8/h4,6-7,9,11H,1-3,5,10H2/t9-/m0/s1. The summed E-state index contributed by atoms with van der Waals surface area (Å²) < 4.78 is 0. The Kier molecular flexibility index (Phi) is 4.29. The largest absolute Gasteiger partial charge is 0.393 e. The fourth-order valence-corrected chi connectivity index (χ4v) is 1.81. The van der Waals surface area contributed by atoms with Crippen molar-refractivity contribution in [1.82, 2.24) is 0 Å². The highest BCUT2D eigenvalue weighted by Gasteiger charge is 2.02. The van der Waals surface area contributed by atoms with Gasteiger partial charge < -0.3 is 10.8 Å². The summed E-state index contributed by atoms with van der Waals surface area (Å²) in [7, 11) is 0. The SMILES string of the molecule is NCC[C@@H](O)CCc1ccsc1. The van der Waals surface area contributed by atoms with Gasteiger partial charge in [-0.25, -0.2) is 0 Å². The topological polar surface area (TPSA) is 46.2 Å². The lowest BCUT2D eigenvalue weighted by Crippen LogP contribution is -2.13. The minimum absolute atomic E-state index is 0.227. The quantitative estimate of drug-likeness (QED) is 0.728. The van der Waals surface area contributed by atoms with E-state index in [-0.39, 0.29) is 6.10 Å². The summed E-state index contributed by atoms with van der Waals surface area (Å²) in [6, 6.07) is 2.10. The molecule has 1 atom stereocenters. The van der Waals surface area contributed by atoms with Crippen molar-refractivity contribution in [2.24, 2.45) is 5.73 Å². The van der Waals surface area contributed by atoms with Crippen LogP contribution in [-0.4, -0.2) is 17.8 Å². The summed E-state index contributed by atoms with van der Waals surface area (Å²) >= 11 is 1.70. The molecule has 0 bridgehead atoms. The van der Waals surface area contributed by atoms with Gasteiger partial charge in [-0.2, -0.15) is 11.3 Å². The van der Waals surface area contributed by atoms with E-state index in [1.54, 1.807) is 11.3 Å². The second kappa shape index (κ2) is 5.30. The van der Waals surface area contributed by atoms with Crippen LogP contribution >= 0.6 is 11.3 Å². The molecule has 0 saturated carbocycles. The molecular weight excluding hydrogens is 170 g/mol. The molecule has 3 heteroatoms. The van der Waals surface area contributed by atoms with Crippen LogP contribution in [0.2, 0.25) is 0 Å². The third-order valence-corrected chi connectivity index (χ3v) is 2.58. The van der Waals surface area contributed by atoms with E-state index in [0.29, 0.717) is 13.0 Å². The zero-order chi connectivity index (χ0) is 8.81. The van der Waals surface area contributed by atoms with E-state index < -0.39 is 0 Å². The van der Waals surface area contributed by atoms with Crippen LogP contribution < -0.4 is 5.73 Å². The van der Waals surface area contributed by atoms with E-state index in [9.17, 15) is 5.11 Å². The van der Waals surface area contributed by atoms with Crippen LogP contribution in [0.15, 0.2) is 16.8 Å². The van der Waals surface area contributed by atoms with E-state index in [0.717, 1.165) is 12.8 Å². The first-order chi connectivity index (χ1) is 5.83. The van der Waals surface area contributed by atoms with Crippen LogP contribution in [0.25, 0.3) is 0 Å². The van der Waals surface area contributed by atoms with Gasteiger partial charge in [0.15, 0.2) is 0 Å². The van der Waals surface area contributed by atoms with E-state index >= 15 is 0 Å². The molecule has 0 aliphatic carbocycles. The molecule has 0 aromatic carbocycles. The average Bonchev–Trinajstić information content (AvgIpc) is 2.53. The van der Waals surface area contributed by atoms with Crippen LogP contribution in [-0.2, 0) is 6.42 Å². The van der Waals surface area contributed by atoms with E-state index in [2.05, 4.69) is 16.8 Å². The number of aryl methyl sites for hydroxylation is 1. The molecule has 0 fully saturated rings. The molecule has 0 saturated heterocycles. The second-order valence-electron chi connectivity index (χ2n) is 2.90. The molecular formula is C9H15NOS. The number of nitrogens with two attached hydrogens (primary N) is 1. The second-order valence-corrected chi connectivity index (χ2v) is 3.68. The van der Waals surface area contributed by atoms with Crippen molar-refractivity contribution in [2.75, 3.05) is 6.54 Å². The highest BCUT2D eigenvalue weighted by atomic mass is 32.1. The van der Waals surface area contributed by atoms with Crippen molar-refractivity contribution in [3.8, 4) is 0 Å². The lowest BCUT2D eigenvalue weighted by molar-refractivity contribution is 0.157. The first-order valence-corrected chi connectivity index (χ1v) is 5.16. The first kappa shape index (κ1) is 9.71. The Morgan fingerprint density at radius 1 is 1.50 bits per heavy atom. The summed E-state index contributed by atoms with van der Waals surface area (Å²) in [5.41, 5.74) is 6.64. The molecule has 0 radical (unpaired) electrons. The van der Waals surface area contributed by atoms with Gasteiger partial charge in [0.25, 0.3) is 0 Å². The van der Waals surface area contributed by atoms with Gasteiger partial charge in [-0.15, -0.1) is 0 Å². The number of aliphatic hydroxyl groups is 1. The normalized spacial score (nSPS) is 13.2. The van der Waals surface area contributed by atoms with E-state index in [1.807, 2.05) is 0 Å². The van der Waals surface area contributed by atoms with E-state index in [1.165, 1.54) is 5.56 Å². The van der Waals surface area contributed by atoms with Gasteiger partial charge in [-0.05, 0) is 48.2 Å². The Balaban J connectivity index is 2.17. The van der Waals surface area contributed by atoms with Gasteiger partial charge in [0, 0.05) is 0 Å². The molecule has 3 N–H and O–H groups in total. The number of hydrogen-bond acceptors (Lipinski definition) is 3. The fraction of sp³-hybridized carbons (Fsp3) is 0.556. The van der Waals surface area contributed by atoms with Gasteiger partial charge >= 0.3 is 0 Å². The zero-order valence-electron chi connectivity index (χ0n) is 7.07. The molecule has 2 nitrogen and oxygen atoms in total. The van der Waals surface area contributed by atoms with Crippen molar-refractivity contribution < 1.29 is 5.11 Å². The molecule has 1 aromatic rings. The minimum atomic E-state index is -0.227.